The number of rotatable bonds is 3. The smallest absolute Gasteiger partial charge is 0.124 e. The second-order valence-corrected chi connectivity index (χ2v) is 6.36. The molecule has 0 saturated carbocycles. The van der Waals surface area contributed by atoms with Gasteiger partial charge in [0.25, 0.3) is 0 Å². The van der Waals surface area contributed by atoms with Crippen LogP contribution in [-0.2, 0) is 15.9 Å². The van der Waals surface area contributed by atoms with E-state index in [1.54, 1.807) is 11.3 Å². The van der Waals surface area contributed by atoms with Crippen LogP contribution in [0.2, 0.25) is 0 Å². The summed E-state index contributed by atoms with van der Waals surface area (Å²) < 4.78 is 11.2. The minimum Gasteiger partial charge on any atom is -0.376 e. The van der Waals surface area contributed by atoms with Crippen molar-refractivity contribution in [2.75, 3.05) is 19.8 Å². The number of aromatic nitrogens is 1. The van der Waals surface area contributed by atoms with Crippen LogP contribution in [0.4, 0.5) is 0 Å². The molecule has 3 aromatic rings. The summed E-state index contributed by atoms with van der Waals surface area (Å²) in [5.41, 5.74) is 2.32. The molecule has 4 rings (SSSR count). The molecule has 1 saturated heterocycles. The molecule has 0 bridgehead atoms. The van der Waals surface area contributed by atoms with Crippen LogP contribution in [0.1, 0.15) is 22.4 Å². The molecule has 0 N–H and O–H groups in total. The zero-order chi connectivity index (χ0) is 14.8. The number of hydrogen-bond acceptors (Lipinski definition) is 4. The summed E-state index contributed by atoms with van der Waals surface area (Å²) in [4.78, 5) is 4.75. The Kier molecular flexibility index (Phi) is 3.89. The molecule has 1 aliphatic rings. The molecule has 0 spiro atoms. The van der Waals surface area contributed by atoms with Crippen molar-refractivity contribution in [3.8, 4) is 0 Å². The molecule has 2 aromatic carbocycles. The van der Waals surface area contributed by atoms with Gasteiger partial charge in [-0.2, -0.15) is 0 Å². The van der Waals surface area contributed by atoms with Crippen molar-refractivity contribution in [2.24, 2.45) is 0 Å². The van der Waals surface area contributed by atoms with Gasteiger partial charge in [0.05, 0.1) is 30.5 Å². The first-order valence-corrected chi connectivity index (χ1v) is 8.38. The number of fused-ring (bicyclic) bond motifs is 1. The van der Waals surface area contributed by atoms with Crippen LogP contribution in [0.25, 0.3) is 10.8 Å². The molecule has 2 heterocycles. The molecule has 0 aliphatic carbocycles. The lowest BCUT2D eigenvalue weighted by Gasteiger charge is -2.21. The van der Waals surface area contributed by atoms with Gasteiger partial charge in [-0.25, -0.2) is 4.98 Å². The van der Waals surface area contributed by atoms with Crippen molar-refractivity contribution in [3.63, 3.8) is 0 Å². The van der Waals surface area contributed by atoms with Crippen molar-refractivity contribution in [1.82, 2.24) is 4.98 Å². The monoisotopic (exact) mass is 311 g/mol. The maximum absolute atomic E-state index is 5.72. The van der Waals surface area contributed by atoms with Crippen molar-refractivity contribution >= 4 is 22.1 Å². The molecule has 1 aromatic heterocycles. The fourth-order valence-electron chi connectivity index (χ4n) is 2.82. The zero-order valence-corrected chi connectivity index (χ0v) is 13.0. The fourth-order valence-corrected chi connectivity index (χ4v) is 3.68. The van der Waals surface area contributed by atoms with E-state index in [2.05, 4.69) is 47.8 Å². The summed E-state index contributed by atoms with van der Waals surface area (Å²) in [5, 5.41) is 5.81. The van der Waals surface area contributed by atoms with Crippen molar-refractivity contribution in [2.45, 2.75) is 12.5 Å². The minimum atomic E-state index is -0.00809. The Hall–Kier alpha value is -1.75. The van der Waals surface area contributed by atoms with Crippen LogP contribution < -0.4 is 0 Å². The van der Waals surface area contributed by atoms with Crippen LogP contribution in [-0.4, -0.2) is 24.8 Å². The highest BCUT2D eigenvalue weighted by atomic mass is 32.1. The third kappa shape index (κ3) is 2.77. The van der Waals surface area contributed by atoms with Crippen LogP contribution in [0.3, 0.4) is 0 Å². The first-order chi connectivity index (χ1) is 10.9. The second-order valence-electron chi connectivity index (χ2n) is 5.42. The van der Waals surface area contributed by atoms with E-state index in [1.165, 1.54) is 16.3 Å². The van der Waals surface area contributed by atoms with Crippen LogP contribution in [0, 0.1) is 0 Å². The highest BCUT2D eigenvalue weighted by Gasteiger charge is 2.19. The SMILES string of the molecule is c1ccc2c(Cc3nc(C4COCCO4)cs3)cccc2c1. The molecular weight excluding hydrogens is 294 g/mol. The van der Waals surface area contributed by atoms with Gasteiger partial charge in [-0.1, -0.05) is 42.5 Å². The number of thiazole rings is 1. The quantitative estimate of drug-likeness (QED) is 0.733. The van der Waals surface area contributed by atoms with E-state index in [-0.39, 0.29) is 6.10 Å². The van der Waals surface area contributed by atoms with E-state index in [4.69, 9.17) is 14.5 Å². The summed E-state index contributed by atoms with van der Waals surface area (Å²) in [6.45, 7) is 1.95. The van der Waals surface area contributed by atoms with E-state index in [1.807, 2.05) is 0 Å². The third-order valence-corrected chi connectivity index (χ3v) is 4.80. The van der Waals surface area contributed by atoms with Crippen LogP contribution in [0.15, 0.2) is 47.8 Å². The summed E-state index contributed by atoms with van der Waals surface area (Å²) in [5.74, 6) is 0. The molecule has 112 valence electrons. The summed E-state index contributed by atoms with van der Waals surface area (Å²) in [6, 6.07) is 14.9. The highest BCUT2D eigenvalue weighted by Crippen LogP contribution is 2.26. The Morgan fingerprint density at radius 2 is 2.00 bits per heavy atom. The van der Waals surface area contributed by atoms with Crippen LogP contribution >= 0.6 is 11.3 Å². The lowest BCUT2D eigenvalue weighted by Crippen LogP contribution is -2.22. The first-order valence-electron chi connectivity index (χ1n) is 7.50. The van der Waals surface area contributed by atoms with Gasteiger partial charge in [0.1, 0.15) is 6.10 Å². The Morgan fingerprint density at radius 3 is 2.91 bits per heavy atom. The molecule has 3 nitrogen and oxygen atoms in total. The summed E-state index contributed by atoms with van der Waals surface area (Å²) in [7, 11) is 0. The first kappa shape index (κ1) is 13.9. The topological polar surface area (TPSA) is 31.4 Å². The maximum Gasteiger partial charge on any atom is 0.124 e. The van der Waals surface area contributed by atoms with E-state index in [0.717, 1.165) is 17.1 Å². The van der Waals surface area contributed by atoms with E-state index in [9.17, 15) is 0 Å². The third-order valence-electron chi connectivity index (χ3n) is 3.94. The second kappa shape index (κ2) is 6.16. The maximum atomic E-state index is 5.72. The molecule has 22 heavy (non-hydrogen) atoms. The molecule has 4 heteroatoms. The largest absolute Gasteiger partial charge is 0.376 e. The van der Waals surface area contributed by atoms with Gasteiger partial charge in [-0.05, 0) is 16.3 Å². The standard InChI is InChI=1S/C18H17NO2S/c1-2-7-15-13(4-1)5-3-6-14(15)10-18-19-16(12-22-18)17-11-20-8-9-21-17/h1-7,12,17H,8-11H2. The van der Waals surface area contributed by atoms with Gasteiger partial charge in [0.2, 0.25) is 0 Å². The minimum absolute atomic E-state index is 0.00809. The number of hydrogen-bond donors (Lipinski definition) is 0. The molecule has 1 atom stereocenters. The highest BCUT2D eigenvalue weighted by molar-refractivity contribution is 7.09. The van der Waals surface area contributed by atoms with Gasteiger partial charge >= 0.3 is 0 Å². The Balaban J connectivity index is 1.59. The zero-order valence-electron chi connectivity index (χ0n) is 12.2. The summed E-state index contributed by atoms with van der Waals surface area (Å²) >= 11 is 1.70. The average molecular weight is 311 g/mol. The number of ether oxygens (including phenoxy) is 2. The Bertz CT molecular complexity index is 772. The fraction of sp³-hybridized carbons (Fsp3) is 0.278. The molecule has 1 aliphatic heterocycles. The van der Waals surface area contributed by atoms with Gasteiger partial charge in [0.15, 0.2) is 0 Å². The van der Waals surface area contributed by atoms with Crippen molar-refractivity contribution in [3.05, 3.63) is 64.1 Å². The summed E-state index contributed by atoms with van der Waals surface area (Å²) in [6.07, 6.45) is 0.853. The van der Waals surface area contributed by atoms with Gasteiger partial charge in [0, 0.05) is 11.8 Å². The predicted molar refractivity (Wildman–Crippen MR) is 88.4 cm³/mol. The van der Waals surface area contributed by atoms with Gasteiger partial charge < -0.3 is 9.47 Å². The molecule has 0 amide bonds. The van der Waals surface area contributed by atoms with Gasteiger partial charge in [-0.3, -0.25) is 0 Å². The number of nitrogens with zero attached hydrogens (tertiary/aromatic N) is 1. The van der Waals surface area contributed by atoms with E-state index < -0.39 is 0 Å². The molecule has 0 radical (unpaired) electrons. The Morgan fingerprint density at radius 1 is 1.09 bits per heavy atom. The Labute approximate surface area is 133 Å². The molecule has 1 unspecified atom stereocenters. The molecule has 1 fully saturated rings. The normalized spacial score (nSPS) is 18.6. The lowest BCUT2D eigenvalue weighted by atomic mass is 10.0. The van der Waals surface area contributed by atoms with Gasteiger partial charge in [-0.15, -0.1) is 11.3 Å². The van der Waals surface area contributed by atoms with E-state index in [0.29, 0.717) is 19.8 Å². The average Bonchev–Trinajstić information content (AvgIpc) is 3.05. The van der Waals surface area contributed by atoms with Crippen molar-refractivity contribution < 1.29 is 9.47 Å². The van der Waals surface area contributed by atoms with E-state index >= 15 is 0 Å². The predicted octanol–water partition coefficient (Wildman–Crippen LogP) is 3.98. The van der Waals surface area contributed by atoms with Crippen molar-refractivity contribution in [1.29, 1.82) is 0 Å². The lowest BCUT2D eigenvalue weighted by molar-refractivity contribution is -0.0916. The number of benzene rings is 2. The van der Waals surface area contributed by atoms with Crippen LogP contribution in [0.5, 0.6) is 0 Å². The molecular formula is C18H17NO2S.